The van der Waals surface area contributed by atoms with E-state index in [0.717, 1.165) is 121 Å². The van der Waals surface area contributed by atoms with Crippen molar-refractivity contribution < 1.29 is 19.4 Å². The summed E-state index contributed by atoms with van der Waals surface area (Å²) in [5, 5.41) is 17.3. The van der Waals surface area contributed by atoms with E-state index in [9.17, 15) is 10.3 Å². The van der Waals surface area contributed by atoms with E-state index >= 15 is 0 Å². The molecule has 3 aliphatic carbocycles. The van der Waals surface area contributed by atoms with Crippen molar-refractivity contribution in [2.24, 2.45) is 27.1 Å². The molecule has 12 nitrogen and oxygen atoms in total. The number of likely N-dealkylation sites (tertiary alicyclic amines) is 1. The third kappa shape index (κ3) is 7.53. The van der Waals surface area contributed by atoms with Crippen LogP contribution in [0.4, 0.5) is 0 Å². The molecule has 3 fully saturated rings. The highest BCUT2D eigenvalue weighted by Gasteiger charge is 2.57. The van der Waals surface area contributed by atoms with E-state index in [0.29, 0.717) is 25.3 Å². The highest BCUT2D eigenvalue weighted by molar-refractivity contribution is 5.95. The molecule has 0 aromatic rings. The first-order chi connectivity index (χ1) is 21.6. The number of amides is 1. The minimum Gasteiger partial charge on any atom is -0.470 e. The van der Waals surface area contributed by atoms with E-state index in [1.807, 2.05) is 4.90 Å². The second-order valence-corrected chi connectivity index (χ2v) is 13.4. The van der Waals surface area contributed by atoms with Crippen molar-refractivity contribution in [2.45, 2.75) is 133 Å². The summed E-state index contributed by atoms with van der Waals surface area (Å²) in [7, 11) is 0. The number of aliphatic hydroxyl groups is 1. The van der Waals surface area contributed by atoms with Gasteiger partial charge in [0, 0.05) is 54.6 Å². The van der Waals surface area contributed by atoms with Gasteiger partial charge in [-0.15, -0.1) is 0 Å². The van der Waals surface area contributed by atoms with E-state index < -0.39 is 11.6 Å². The van der Waals surface area contributed by atoms with E-state index in [2.05, 4.69) is 20.1 Å². The van der Waals surface area contributed by atoms with Crippen LogP contribution < -0.4 is 0 Å². The van der Waals surface area contributed by atoms with Gasteiger partial charge in [0.1, 0.15) is 0 Å². The lowest BCUT2D eigenvalue weighted by molar-refractivity contribution is -0.141. The summed E-state index contributed by atoms with van der Waals surface area (Å²) < 4.78 is 13.0. The van der Waals surface area contributed by atoms with Gasteiger partial charge in [-0.1, -0.05) is 28.6 Å². The number of hydrogen-bond donors (Lipinski definition) is 1. The van der Waals surface area contributed by atoms with E-state index in [-0.39, 0.29) is 43.0 Å². The summed E-state index contributed by atoms with van der Waals surface area (Å²) >= 11 is 0. The van der Waals surface area contributed by atoms with Crippen molar-refractivity contribution in [3.05, 3.63) is 32.0 Å². The maximum atomic E-state index is 15.0. The Morgan fingerprint density at radius 1 is 1.00 bits per heavy atom. The number of piperidine rings is 1. The molecule has 2 aliphatic heterocycles. The van der Waals surface area contributed by atoms with Crippen molar-refractivity contribution >= 4 is 11.8 Å². The van der Waals surface area contributed by atoms with Gasteiger partial charge in [0.15, 0.2) is 17.5 Å². The summed E-state index contributed by atoms with van der Waals surface area (Å²) in [6.45, 7) is 2.44. The minimum absolute atomic E-state index is 0.0445. The molecule has 0 spiro atoms. The van der Waals surface area contributed by atoms with Gasteiger partial charge in [-0.25, -0.2) is 4.99 Å². The van der Waals surface area contributed by atoms with Crippen LogP contribution in [0.3, 0.4) is 0 Å². The molecule has 4 atom stereocenters. The normalized spacial score (nSPS) is 32.7. The maximum absolute atomic E-state index is 15.0. The highest BCUT2D eigenvalue weighted by Crippen LogP contribution is 2.47. The second kappa shape index (κ2) is 16.0. The fourth-order valence-electron chi connectivity index (χ4n) is 8.26. The SMILES string of the molecule is [N-]=[N+]=NCC1=C([C@H]2OC(C3CCC(OCCCO)CC3)=N[C@@]2(CC2CCCCC2N=[N+]=[N-])C(=O)N2CCCCC2)CCCC1. The van der Waals surface area contributed by atoms with Crippen molar-refractivity contribution in [3.8, 4) is 0 Å². The van der Waals surface area contributed by atoms with Crippen LogP contribution in [0, 0.1) is 11.8 Å². The molecular weight excluding hydrogens is 560 g/mol. The first-order valence-electron chi connectivity index (χ1n) is 17.1. The Bertz CT molecular complexity index is 1150. The average molecular weight is 611 g/mol. The predicted molar refractivity (Wildman–Crippen MR) is 168 cm³/mol. The summed E-state index contributed by atoms with van der Waals surface area (Å²) in [4.78, 5) is 28.7. The zero-order chi connectivity index (χ0) is 30.8. The Labute approximate surface area is 260 Å². The summed E-state index contributed by atoms with van der Waals surface area (Å²) in [6.07, 6.45) is 14.8. The van der Waals surface area contributed by atoms with Gasteiger partial charge in [0.25, 0.3) is 5.91 Å². The van der Waals surface area contributed by atoms with Crippen LogP contribution >= 0.6 is 0 Å². The molecule has 2 heterocycles. The van der Waals surface area contributed by atoms with Gasteiger partial charge in [-0.3, -0.25) is 4.79 Å². The van der Waals surface area contributed by atoms with Crippen LogP contribution in [0.5, 0.6) is 0 Å². The lowest BCUT2D eigenvalue weighted by Crippen LogP contribution is -2.57. The zero-order valence-electron chi connectivity index (χ0n) is 26.2. The number of rotatable bonds is 12. The van der Waals surface area contributed by atoms with Crippen LogP contribution in [0.1, 0.15) is 109 Å². The zero-order valence-corrected chi connectivity index (χ0v) is 26.2. The fourth-order valence-corrected chi connectivity index (χ4v) is 8.26. The lowest BCUT2D eigenvalue weighted by Gasteiger charge is -2.42. The quantitative estimate of drug-likeness (QED) is 0.0831. The molecule has 12 heteroatoms. The molecule has 1 amide bonds. The molecule has 2 saturated carbocycles. The highest BCUT2D eigenvalue weighted by atomic mass is 16.5. The van der Waals surface area contributed by atoms with Crippen molar-refractivity contribution in [3.63, 3.8) is 0 Å². The third-order valence-corrected chi connectivity index (χ3v) is 10.6. The van der Waals surface area contributed by atoms with Gasteiger partial charge in [0.2, 0.25) is 0 Å². The van der Waals surface area contributed by atoms with E-state index in [1.54, 1.807) is 0 Å². The smallest absolute Gasteiger partial charge is 0.254 e. The number of ether oxygens (including phenoxy) is 2. The Morgan fingerprint density at radius 2 is 1.77 bits per heavy atom. The maximum Gasteiger partial charge on any atom is 0.254 e. The Balaban J connectivity index is 1.53. The number of carbonyl (C=O) groups excluding carboxylic acids is 1. The van der Waals surface area contributed by atoms with Crippen LogP contribution in [0.15, 0.2) is 26.4 Å². The topological polar surface area (TPSA) is 169 Å². The molecule has 1 saturated heterocycles. The number of aliphatic imine (C=N–C) groups is 1. The van der Waals surface area contributed by atoms with E-state index in [4.69, 9.17) is 25.1 Å². The summed E-state index contributed by atoms with van der Waals surface area (Å²) in [5.74, 6) is 0.884. The molecule has 242 valence electrons. The average Bonchev–Trinajstić information content (AvgIpc) is 3.45. The molecule has 2 unspecified atom stereocenters. The first kappa shape index (κ1) is 32.6. The Kier molecular flexibility index (Phi) is 11.8. The van der Waals surface area contributed by atoms with Gasteiger partial charge in [-0.05, 0) is 119 Å². The molecule has 0 aromatic carbocycles. The lowest BCUT2D eigenvalue weighted by atomic mass is 9.71. The van der Waals surface area contributed by atoms with Crippen LogP contribution in [0.2, 0.25) is 0 Å². The van der Waals surface area contributed by atoms with Gasteiger partial charge in [-0.2, -0.15) is 0 Å². The summed E-state index contributed by atoms with van der Waals surface area (Å²) in [5.41, 5.74) is 19.6. The largest absolute Gasteiger partial charge is 0.470 e. The molecule has 0 bridgehead atoms. The Morgan fingerprint density at radius 3 is 2.52 bits per heavy atom. The fraction of sp³-hybridized carbons (Fsp3) is 0.875. The molecule has 0 aromatic heterocycles. The van der Waals surface area contributed by atoms with Gasteiger partial charge in [0.05, 0.1) is 6.10 Å². The molecule has 0 radical (unpaired) electrons. The molecule has 1 N–H and O–H groups in total. The molecule has 5 aliphatic rings. The third-order valence-electron chi connectivity index (χ3n) is 10.6. The predicted octanol–water partition coefficient (Wildman–Crippen LogP) is 6.93. The van der Waals surface area contributed by atoms with Gasteiger partial charge >= 0.3 is 0 Å². The van der Waals surface area contributed by atoms with Crippen molar-refractivity contribution in [1.29, 1.82) is 0 Å². The monoisotopic (exact) mass is 610 g/mol. The number of azide groups is 2. The van der Waals surface area contributed by atoms with Gasteiger partial charge < -0.3 is 19.5 Å². The number of carbonyl (C=O) groups is 1. The van der Waals surface area contributed by atoms with Crippen LogP contribution in [-0.4, -0.2) is 78.4 Å². The van der Waals surface area contributed by atoms with Crippen molar-refractivity contribution in [2.75, 3.05) is 32.8 Å². The molecule has 5 rings (SSSR count). The molecule has 44 heavy (non-hydrogen) atoms. The number of hydrogen-bond acceptors (Lipinski definition) is 7. The standard InChI is InChI=1S/C32H50N8O4/c33-38-35-22-25-10-2-4-11-27(25)29-32(31(42)40-17-6-1-7-18-40,21-24-9-3-5-12-28(24)37-39-34)36-30(44-29)23-13-15-26(16-14-23)43-20-8-19-41/h23-24,26,28-29,41H,1-22H2/t23?,24?,26?,28?,29-,32-/m1/s1. The van der Waals surface area contributed by atoms with Crippen LogP contribution in [-0.2, 0) is 14.3 Å². The number of aliphatic hydroxyl groups excluding tert-OH is 1. The Hall–Kier alpha value is -2.78. The first-order valence-corrected chi connectivity index (χ1v) is 17.1. The van der Waals surface area contributed by atoms with Crippen molar-refractivity contribution in [1.82, 2.24) is 4.90 Å². The molecular formula is C32H50N8O4. The summed E-state index contributed by atoms with van der Waals surface area (Å²) in [6, 6.07) is -0.158. The van der Waals surface area contributed by atoms with E-state index in [1.165, 1.54) is 0 Å². The van der Waals surface area contributed by atoms with Crippen LogP contribution in [0.25, 0.3) is 20.9 Å². The number of nitrogens with zero attached hydrogens (tertiary/aromatic N) is 8. The minimum atomic E-state index is -1.12. The second-order valence-electron chi connectivity index (χ2n) is 13.4.